The van der Waals surface area contributed by atoms with Crippen LogP contribution in [0.2, 0.25) is 0 Å². The van der Waals surface area contributed by atoms with Gasteiger partial charge in [-0.2, -0.15) is 11.8 Å². The molecule has 0 fully saturated rings. The number of carbonyl (C=O) groups is 1. The number of hydrogen-bond donors (Lipinski definition) is 1. The van der Waals surface area contributed by atoms with Crippen LogP contribution in [0, 0.1) is 0 Å². The standard InChI is InChI=1S/C12H17NO3S/c1-15-12(14)10-8-9(13)4-5-11(10)16-6-3-7-17-2/h4-5,8H,3,6-7,13H2,1-2H3. The smallest absolute Gasteiger partial charge is 0.341 e. The molecule has 1 aromatic rings. The van der Waals surface area contributed by atoms with E-state index in [0.717, 1.165) is 12.2 Å². The van der Waals surface area contributed by atoms with Crippen LogP contribution in [0.15, 0.2) is 18.2 Å². The molecule has 1 aromatic carbocycles. The highest BCUT2D eigenvalue weighted by atomic mass is 32.2. The van der Waals surface area contributed by atoms with Gasteiger partial charge in [0.25, 0.3) is 0 Å². The van der Waals surface area contributed by atoms with Crippen molar-refractivity contribution in [3.8, 4) is 5.75 Å². The molecule has 17 heavy (non-hydrogen) atoms. The normalized spacial score (nSPS) is 10.0. The first-order valence-corrected chi connectivity index (χ1v) is 6.68. The van der Waals surface area contributed by atoms with E-state index >= 15 is 0 Å². The van der Waals surface area contributed by atoms with Gasteiger partial charge in [0.1, 0.15) is 11.3 Å². The molecular formula is C12H17NO3S. The Bertz CT molecular complexity index is 382. The van der Waals surface area contributed by atoms with E-state index in [0.29, 0.717) is 23.6 Å². The number of nitrogens with two attached hydrogens (primary N) is 1. The number of carbonyl (C=O) groups excluding carboxylic acids is 1. The van der Waals surface area contributed by atoms with Crippen molar-refractivity contribution in [3.05, 3.63) is 23.8 Å². The molecule has 2 N–H and O–H groups in total. The first kappa shape index (κ1) is 13.7. The van der Waals surface area contributed by atoms with E-state index in [4.69, 9.17) is 10.5 Å². The molecule has 0 atom stereocenters. The summed E-state index contributed by atoms with van der Waals surface area (Å²) in [6.07, 6.45) is 2.98. The van der Waals surface area contributed by atoms with Crippen molar-refractivity contribution in [1.82, 2.24) is 0 Å². The Morgan fingerprint density at radius 3 is 2.88 bits per heavy atom. The van der Waals surface area contributed by atoms with E-state index in [-0.39, 0.29) is 0 Å². The minimum Gasteiger partial charge on any atom is -0.493 e. The summed E-state index contributed by atoms with van der Waals surface area (Å²) in [7, 11) is 1.34. The Balaban J connectivity index is 2.72. The van der Waals surface area contributed by atoms with Gasteiger partial charge in [-0.15, -0.1) is 0 Å². The lowest BCUT2D eigenvalue weighted by Gasteiger charge is -2.10. The number of nitrogen functional groups attached to an aromatic ring is 1. The fourth-order valence-electron chi connectivity index (χ4n) is 1.33. The van der Waals surface area contributed by atoms with Crippen LogP contribution in [0.3, 0.4) is 0 Å². The molecule has 4 nitrogen and oxygen atoms in total. The number of hydrogen-bond acceptors (Lipinski definition) is 5. The maximum absolute atomic E-state index is 11.5. The third-order valence-electron chi connectivity index (χ3n) is 2.16. The number of benzene rings is 1. The number of thioether (sulfide) groups is 1. The third kappa shape index (κ3) is 4.19. The summed E-state index contributed by atoms with van der Waals surface area (Å²) < 4.78 is 10.2. The van der Waals surface area contributed by atoms with Crippen molar-refractivity contribution in [2.24, 2.45) is 0 Å². The number of rotatable bonds is 6. The molecule has 94 valence electrons. The molecule has 0 spiro atoms. The summed E-state index contributed by atoms with van der Waals surface area (Å²) in [6, 6.07) is 4.97. The van der Waals surface area contributed by atoms with E-state index in [1.54, 1.807) is 30.0 Å². The lowest BCUT2D eigenvalue weighted by atomic mass is 10.2. The molecule has 0 saturated carbocycles. The highest BCUT2D eigenvalue weighted by Crippen LogP contribution is 2.22. The van der Waals surface area contributed by atoms with Crippen LogP contribution in [0.25, 0.3) is 0 Å². The lowest BCUT2D eigenvalue weighted by molar-refractivity contribution is 0.0596. The van der Waals surface area contributed by atoms with Gasteiger partial charge >= 0.3 is 5.97 Å². The number of anilines is 1. The van der Waals surface area contributed by atoms with E-state index < -0.39 is 5.97 Å². The summed E-state index contributed by atoms with van der Waals surface area (Å²) in [4.78, 5) is 11.5. The molecule has 0 aliphatic heterocycles. The molecule has 0 unspecified atom stereocenters. The molecule has 0 aliphatic carbocycles. The Kier molecular flexibility index (Phi) is 5.69. The Labute approximate surface area is 105 Å². The first-order chi connectivity index (χ1) is 8.19. The Morgan fingerprint density at radius 2 is 2.24 bits per heavy atom. The average Bonchev–Trinajstić information content (AvgIpc) is 2.35. The monoisotopic (exact) mass is 255 g/mol. The number of esters is 1. The van der Waals surface area contributed by atoms with Crippen LogP contribution < -0.4 is 10.5 Å². The van der Waals surface area contributed by atoms with Gasteiger partial charge in [0.05, 0.1) is 13.7 Å². The average molecular weight is 255 g/mol. The van der Waals surface area contributed by atoms with Crippen molar-refractivity contribution >= 4 is 23.4 Å². The first-order valence-electron chi connectivity index (χ1n) is 5.28. The van der Waals surface area contributed by atoms with Crippen LogP contribution >= 0.6 is 11.8 Å². The van der Waals surface area contributed by atoms with Gasteiger partial charge in [0, 0.05) is 5.69 Å². The molecule has 0 bridgehead atoms. The topological polar surface area (TPSA) is 61.5 Å². The molecule has 0 saturated heterocycles. The van der Waals surface area contributed by atoms with Crippen molar-refractivity contribution in [3.63, 3.8) is 0 Å². The predicted molar refractivity (Wildman–Crippen MR) is 70.7 cm³/mol. The van der Waals surface area contributed by atoms with E-state index in [1.807, 2.05) is 6.26 Å². The zero-order valence-electron chi connectivity index (χ0n) is 10.1. The second-order valence-electron chi connectivity index (χ2n) is 3.44. The van der Waals surface area contributed by atoms with Gasteiger partial charge in [-0.25, -0.2) is 4.79 Å². The quantitative estimate of drug-likeness (QED) is 0.479. The summed E-state index contributed by atoms with van der Waals surface area (Å²) in [5.74, 6) is 1.12. The van der Waals surface area contributed by atoms with Crippen LogP contribution in [0.4, 0.5) is 5.69 Å². The van der Waals surface area contributed by atoms with Crippen LogP contribution in [0.5, 0.6) is 5.75 Å². The third-order valence-corrected chi connectivity index (χ3v) is 2.86. The largest absolute Gasteiger partial charge is 0.493 e. The SMILES string of the molecule is COC(=O)c1cc(N)ccc1OCCCSC. The van der Waals surface area contributed by atoms with Crippen LogP contribution in [-0.2, 0) is 4.74 Å². The zero-order chi connectivity index (χ0) is 12.7. The van der Waals surface area contributed by atoms with Gasteiger partial charge in [-0.3, -0.25) is 0 Å². The second kappa shape index (κ2) is 7.06. The van der Waals surface area contributed by atoms with Gasteiger partial charge in [0.15, 0.2) is 0 Å². The summed E-state index contributed by atoms with van der Waals surface area (Å²) in [5, 5.41) is 0. The maximum atomic E-state index is 11.5. The fourth-order valence-corrected chi connectivity index (χ4v) is 1.73. The Morgan fingerprint density at radius 1 is 1.47 bits per heavy atom. The highest BCUT2D eigenvalue weighted by Gasteiger charge is 2.13. The van der Waals surface area contributed by atoms with Crippen molar-refractivity contribution in [2.75, 3.05) is 31.5 Å². The van der Waals surface area contributed by atoms with E-state index in [1.165, 1.54) is 7.11 Å². The molecule has 5 heteroatoms. The van der Waals surface area contributed by atoms with Crippen molar-refractivity contribution in [2.45, 2.75) is 6.42 Å². The maximum Gasteiger partial charge on any atom is 0.341 e. The van der Waals surface area contributed by atoms with Crippen LogP contribution in [-0.4, -0.2) is 31.7 Å². The highest BCUT2D eigenvalue weighted by molar-refractivity contribution is 7.98. The molecular weight excluding hydrogens is 238 g/mol. The van der Waals surface area contributed by atoms with Crippen molar-refractivity contribution < 1.29 is 14.3 Å². The minimum atomic E-state index is -0.433. The van der Waals surface area contributed by atoms with Gasteiger partial charge in [-0.05, 0) is 36.6 Å². The summed E-state index contributed by atoms with van der Waals surface area (Å²) in [5.41, 5.74) is 6.52. The molecule has 0 amide bonds. The molecule has 0 aromatic heterocycles. The predicted octanol–water partition coefficient (Wildman–Crippen LogP) is 2.19. The Hall–Kier alpha value is -1.36. The van der Waals surface area contributed by atoms with E-state index in [2.05, 4.69) is 4.74 Å². The lowest BCUT2D eigenvalue weighted by Crippen LogP contribution is -2.07. The van der Waals surface area contributed by atoms with Gasteiger partial charge < -0.3 is 15.2 Å². The van der Waals surface area contributed by atoms with Crippen molar-refractivity contribution in [1.29, 1.82) is 0 Å². The van der Waals surface area contributed by atoms with Gasteiger partial charge in [-0.1, -0.05) is 0 Å². The number of ether oxygens (including phenoxy) is 2. The summed E-state index contributed by atoms with van der Waals surface area (Å²) >= 11 is 1.76. The zero-order valence-corrected chi connectivity index (χ0v) is 10.9. The fraction of sp³-hybridized carbons (Fsp3) is 0.417. The molecule has 0 aliphatic rings. The van der Waals surface area contributed by atoms with Gasteiger partial charge in [0.2, 0.25) is 0 Å². The molecule has 0 radical (unpaired) electrons. The van der Waals surface area contributed by atoms with Crippen LogP contribution in [0.1, 0.15) is 16.8 Å². The summed E-state index contributed by atoms with van der Waals surface area (Å²) in [6.45, 7) is 0.578. The molecule has 0 heterocycles. The number of methoxy groups -OCH3 is 1. The molecule has 1 rings (SSSR count). The minimum absolute atomic E-state index is 0.372. The second-order valence-corrected chi connectivity index (χ2v) is 4.43. The van der Waals surface area contributed by atoms with E-state index in [9.17, 15) is 4.79 Å².